The molecule has 12 heteroatoms. The van der Waals surface area contributed by atoms with E-state index in [4.69, 9.17) is 25.2 Å². The largest absolute Gasteiger partial charge is 0.469 e. The number of rotatable bonds is 12. The Morgan fingerprint density at radius 2 is 1.44 bits per heavy atom. The molecular weight excluding hydrogens is 660 g/mol. The summed E-state index contributed by atoms with van der Waals surface area (Å²) in [6, 6.07) is 5.92. The van der Waals surface area contributed by atoms with Crippen molar-refractivity contribution in [2.75, 3.05) is 27.3 Å². The molecule has 0 unspecified atom stereocenters. The summed E-state index contributed by atoms with van der Waals surface area (Å²) in [5, 5.41) is 3.06. The van der Waals surface area contributed by atoms with Crippen LogP contribution in [0.25, 0.3) is 22.1 Å². The van der Waals surface area contributed by atoms with Gasteiger partial charge in [-0.25, -0.2) is 0 Å². The van der Waals surface area contributed by atoms with E-state index in [9.17, 15) is 19.2 Å². The average Bonchev–Trinajstić information content (AvgIpc) is 3.80. The molecule has 3 aromatic heterocycles. The second kappa shape index (κ2) is 16.2. The average molecular weight is 713 g/mol. The number of H-pyrrole nitrogens is 2. The van der Waals surface area contributed by atoms with Gasteiger partial charge in [-0.2, -0.15) is 0 Å². The van der Waals surface area contributed by atoms with Gasteiger partial charge in [0.1, 0.15) is 0 Å². The van der Waals surface area contributed by atoms with Gasteiger partial charge in [-0.3, -0.25) is 29.1 Å². The van der Waals surface area contributed by atoms with Gasteiger partial charge in [0.25, 0.3) is 5.91 Å². The van der Waals surface area contributed by atoms with Crippen LogP contribution in [-0.4, -0.2) is 70.9 Å². The van der Waals surface area contributed by atoms with E-state index < -0.39 is 5.97 Å². The maximum absolute atomic E-state index is 14.1. The Bertz CT molecular complexity index is 2050. The van der Waals surface area contributed by atoms with E-state index in [0.717, 1.165) is 41.7 Å². The smallest absolute Gasteiger partial charge is 0.310 e. The van der Waals surface area contributed by atoms with E-state index >= 15 is 0 Å². The van der Waals surface area contributed by atoms with Gasteiger partial charge in [0, 0.05) is 75.9 Å². The summed E-state index contributed by atoms with van der Waals surface area (Å²) in [7, 11) is 2.68. The molecule has 0 aliphatic carbocycles. The summed E-state index contributed by atoms with van der Waals surface area (Å²) in [6.07, 6.45) is 2.67. The number of nitrogens with two attached hydrogens (primary N) is 1. The van der Waals surface area contributed by atoms with Gasteiger partial charge in [0.2, 0.25) is 0 Å². The molecule has 0 saturated heterocycles. The molecule has 4 atom stereocenters. The molecule has 0 radical (unpaired) electrons. The van der Waals surface area contributed by atoms with Crippen molar-refractivity contribution >= 4 is 45.7 Å². The van der Waals surface area contributed by atoms with Crippen LogP contribution >= 0.6 is 0 Å². The topological polar surface area (TPSA) is 182 Å². The standard InChI is InChI=1S/C40H52N6O6/c1-9-25-20(2)28-19-33-36(24(6)47)22(4)30(44-33)17-29-21(3)26(12-13-34(48)51-7)38(45-29)27(16-35(49)52-8)39-37(40(50)42-15-11-10-14-41)23(5)31(46-39)18-32(25)43-28/h17-21,25-26,44,46H,9-16,41H2,1-8H3,(H,42,50)/t20-,21+,25-,26+/m1/s1. The molecule has 3 aromatic rings. The molecule has 278 valence electrons. The maximum Gasteiger partial charge on any atom is 0.310 e. The minimum Gasteiger partial charge on any atom is -0.469 e. The molecule has 2 aliphatic heterocycles. The SMILES string of the molecule is CC[C@H]1c2cc3[nH]c(c(CC(=O)OC)c4nc(cc5[nH]c(cc(n2)[C@@H]1C)c(C(C)=O)c5C)[C@@H](C)[C@@H]4CCC(=O)OC)c(C(=O)NCCCCN)c3C. The number of aromatic amines is 2. The second-order valence-corrected chi connectivity index (χ2v) is 14.0. The highest BCUT2D eigenvalue weighted by atomic mass is 16.5. The van der Waals surface area contributed by atoms with Crippen molar-refractivity contribution in [2.45, 2.75) is 104 Å². The number of Topliss-reactive ketones (excluding diaryl/α,β-unsaturated/α-hetero) is 1. The molecule has 5 rings (SSSR count). The van der Waals surface area contributed by atoms with Crippen LogP contribution < -0.4 is 11.1 Å². The number of hydrogen-bond acceptors (Lipinski definition) is 9. The number of methoxy groups -OCH3 is 2. The van der Waals surface area contributed by atoms with Crippen LogP contribution in [0.5, 0.6) is 0 Å². The fourth-order valence-corrected chi connectivity index (χ4v) is 7.78. The zero-order chi connectivity index (χ0) is 37.9. The van der Waals surface area contributed by atoms with Crippen molar-refractivity contribution in [1.29, 1.82) is 0 Å². The highest BCUT2D eigenvalue weighted by Crippen LogP contribution is 2.43. The van der Waals surface area contributed by atoms with Crippen LogP contribution in [0.1, 0.15) is 144 Å². The van der Waals surface area contributed by atoms with Crippen LogP contribution in [0.4, 0.5) is 0 Å². The summed E-state index contributed by atoms with van der Waals surface area (Å²) in [4.78, 5) is 70.2. The Morgan fingerprint density at radius 1 is 0.827 bits per heavy atom. The summed E-state index contributed by atoms with van der Waals surface area (Å²) in [5.74, 6) is -1.56. The normalized spacial score (nSPS) is 18.2. The van der Waals surface area contributed by atoms with Crippen molar-refractivity contribution in [3.05, 3.63) is 68.8 Å². The summed E-state index contributed by atoms with van der Waals surface area (Å²) in [5.41, 5.74) is 14.3. The number of fused-ring (bicyclic) bond motifs is 8. The number of nitrogens with one attached hydrogen (secondary N) is 3. The number of aryl methyl sites for hydroxylation is 2. The fourth-order valence-electron chi connectivity index (χ4n) is 7.78. The summed E-state index contributed by atoms with van der Waals surface area (Å²) < 4.78 is 10.2. The van der Waals surface area contributed by atoms with Crippen molar-refractivity contribution in [1.82, 2.24) is 25.3 Å². The van der Waals surface area contributed by atoms with Crippen LogP contribution in [0.3, 0.4) is 0 Å². The number of esters is 2. The number of ketones is 1. The van der Waals surface area contributed by atoms with E-state index in [2.05, 4.69) is 29.1 Å². The van der Waals surface area contributed by atoms with E-state index in [1.165, 1.54) is 14.2 Å². The lowest BCUT2D eigenvalue weighted by molar-refractivity contribution is -0.141. The molecule has 1 amide bonds. The molecule has 0 aromatic carbocycles. The summed E-state index contributed by atoms with van der Waals surface area (Å²) in [6.45, 7) is 12.6. The molecule has 52 heavy (non-hydrogen) atoms. The molecule has 0 saturated carbocycles. The number of carbonyl (C=O) groups is 4. The maximum atomic E-state index is 14.1. The Hall–Kier alpha value is -4.84. The van der Waals surface area contributed by atoms with Gasteiger partial charge >= 0.3 is 11.9 Å². The first kappa shape index (κ1) is 38.4. The first-order valence-corrected chi connectivity index (χ1v) is 18.2. The molecule has 8 bridgehead atoms. The van der Waals surface area contributed by atoms with Crippen molar-refractivity contribution in [3.63, 3.8) is 0 Å². The fraction of sp³-hybridized carbons (Fsp3) is 0.500. The molecular formula is C40H52N6O6. The summed E-state index contributed by atoms with van der Waals surface area (Å²) >= 11 is 0. The van der Waals surface area contributed by atoms with E-state index in [1.54, 1.807) is 6.92 Å². The van der Waals surface area contributed by atoms with Gasteiger partial charge in [-0.1, -0.05) is 20.8 Å². The van der Waals surface area contributed by atoms with Crippen molar-refractivity contribution in [3.8, 4) is 0 Å². The predicted octanol–water partition coefficient (Wildman–Crippen LogP) is 6.46. The molecule has 5 N–H and O–H groups in total. The third kappa shape index (κ3) is 7.53. The lowest BCUT2D eigenvalue weighted by atomic mass is 9.85. The minimum atomic E-state index is -0.498. The Kier molecular flexibility index (Phi) is 12.0. The number of aromatic nitrogens is 4. The molecule has 5 heterocycles. The Morgan fingerprint density at radius 3 is 2.10 bits per heavy atom. The van der Waals surface area contributed by atoms with Gasteiger partial charge < -0.3 is 30.5 Å². The number of ether oxygens (including phenoxy) is 2. The monoisotopic (exact) mass is 712 g/mol. The molecule has 0 spiro atoms. The van der Waals surface area contributed by atoms with Crippen LogP contribution in [-0.2, 0) is 25.5 Å². The van der Waals surface area contributed by atoms with Gasteiger partial charge in [0.15, 0.2) is 5.78 Å². The molecule has 12 nitrogen and oxygen atoms in total. The van der Waals surface area contributed by atoms with Gasteiger partial charge in [-0.05, 0) is 82.3 Å². The Balaban J connectivity index is 1.97. The third-order valence-corrected chi connectivity index (χ3v) is 10.8. The quantitative estimate of drug-likeness (QED) is 0.0931. The lowest BCUT2D eigenvalue weighted by Crippen LogP contribution is -2.25. The number of carbonyl (C=O) groups excluding carboxylic acids is 4. The first-order valence-electron chi connectivity index (χ1n) is 18.2. The first-order chi connectivity index (χ1) is 24.8. The molecule has 0 fully saturated rings. The van der Waals surface area contributed by atoms with Crippen LogP contribution in [0.2, 0.25) is 0 Å². The zero-order valence-electron chi connectivity index (χ0n) is 31.6. The number of nitrogens with zero attached hydrogens (tertiary/aromatic N) is 2. The number of unbranched alkanes of at least 4 members (excludes halogenated alkanes) is 1. The number of hydrogen-bond donors (Lipinski definition) is 4. The number of amides is 1. The highest BCUT2D eigenvalue weighted by Gasteiger charge is 2.34. The van der Waals surface area contributed by atoms with Gasteiger partial charge in [0.05, 0.1) is 42.9 Å². The highest BCUT2D eigenvalue weighted by molar-refractivity contribution is 6.06. The Labute approximate surface area is 304 Å². The third-order valence-electron chi connectivity index (χ3n) is 10.8. The lowest BCUT2D eigenvalue weighted by Gasteiger charge is -2.18. The van der Waals surface area contributed by atoms with Crippen LogP contribution in [0.15, 0.2) is 18.2 Å². The van der Waals surface area contributed by atoms with Crippen LogP contribution in [0, 0.1) is 13.8 Å². The van der Waals surface area contributed by atoms with E-state index in [1.807, 2.05) is 39.0 Å². The van der Waals surface area contributed by atoms with E-state index in [0.29, 0.717) is 69.7 Å². The van der Waals surface area contributed by atoms with Gasteiger partial charge in [-0.15, -0.1) is 0 Å². The van der Waals surface area contributed by atoms with E-state index in [-0.39, 0.29) is 54.2 Å². The van der Waals surface area contributed by atoms with Crippen molar-refractivity contribution < 1.29 is 28.7 Å². The zero-order valence-corrected chi connectivity index (χ0v) is 31.6. The van der Waals surface area contributed by atoms with Crippen molar-refractivity contribution in [2.24, 2.45) is 5.73 Å². The molecule has 2 aliphatic rings. The predicted molar refractivity (Wildman–Crippen MR) is 201 cm³/mol. The second-order valence-electron chi connectivity index (χ2n) is 14.0. The minimum absolute atomic E-state index is 0.0620.